The Bertz CT molecular complexity index is 535. The number of nitrogens with zero attached hydrogens (tertiary/aromatic N) is 1. The molecule has 2 rings (SSSR count). The van der Waals surface area contributed by atoms with Gasteiger partial charge in [-0.1, -0.05) is 44.5 Å². The van der Waals surface area contributed by atoms with Crippen LogP contribution in [-0.2, 0) is 16.0 Å². The van der Waals surface area contributed by atoms with Crippen LogP contribution < -0.4 is 5.32 Å². The highest BCUT2D eigenvalue weighted by Crippen LogP contribution is 2.36. The van der Waals surface area contributed by atoms with E-state index in [9.17, 15) is 9.90 Å². The molecule has 0 aromatic heterocycles. The summed E-state index contributed by atoms with van der Waals surface area (Å²) in [5.74, 6) is 0.508. The fourth-order valence-corrected chi connectivity index (χ4v) is 3.41. The van der Waals surface area contributed by atoms with Crippen molar-refractivity contribution in [2.45, 2.75) is 38.8 Å². The molecule has 0 saturated carbocycles. The number of nitrogens with one attached hydrogen (secondary N) is 1. The molecule has 0 fully saturated rings. The molecule has 0 bridgehead atoms. The number of aliphatic hydroxyl groups is 1. The quantitative estimate of drug-likeness (QED) is 0.760. The number of fused-ring (bicyclic) bond motifs is 1. The number of rotatable bonds is 8. The van der Waals surface area contributed by atoms with E-state index in [0.717, 1.165) is 19.4 Å². The molecule has 5 nitrogen and oxygen atoms in total. The van der Waals surface area contributed by atoms with Crippen LogP contribution in [0.25, 0.3) is 0 Å². The Balaban J connectivity index is 2.04. The summed E-state index contributed by atoms with van der Waals surface area (Å²) < 4.78 is 4.89. The zero-order valence-corrected chi connectivity index (χ0v) is 15.0. The van der Waals surface area contributed by atoms with Crippen LogP contribution in [0.5, 0.6) is 0 Å². The monoisotopic (exact) mass is 334 g/mol. The van der Waals surface area contributed by atoms with E-state index >= 15 is 0 Å². The van der Waals surface area contributed by atoms with Gasteiger partial charge in [0.15, 0.2) is 0 Å². The zero-order valence-electron chi connectivity index (χ0n) is 15.0. The molecule has 1 amide bonds. The van der Waals surface area contributed by atoms with E-state index in [4.69, 9.17) is 4.74 Å². The molecule has 3 atom stereocenters. The molecule has 1 aromatic carbocycles. The topological polar surface area (TPSA) is 61.8 Å². The first-order chi connectivity index (χ1) is 11.6. The van der Waals surface area contributed by atoms with E-state index in [0.29, 0.717) is 12.5 Å². The van der Waals surface area contributed by atoms with Gasteiger partial charge in [-0.3, -0.25) is 4.79 Å². The van der Waals surface area contributed by atoms with Gasteiger partial charge < -0.3 is 20.1 Å². The van der Waals surface area contributed by atoms with Crippen molar-refractivity contribution in [1.82, 2.24) is 10.2 Å². The minimum Gasteiger partial charge on any atom is -0.389 e. The number of aliphatic hydroxyl groups excluding tert-OH is 1. The first-order valence-corrected chi connectivity index (χ1v) is 8.83. The summed E-state index contributed by atoms with van der Waals surface area (Å²) >= 11 is 0. The molecule has 1 aliphatic heterocycles. The molecule has 1 aliphatic rings. The molecule has 24 heavy (non-hydrogen) atoms. The minimum absolute atomic E-state index is 0.0967. The van der Waals surface area contributed by atoms with Gasteiger partial charge in [-0.15, -0.1) is 0 Å². The van der Waals surface area contributed by atoms with Crippen molar-refractivity contribution in [3.05, 3.63) is 35.4 Å². The predicted octanol–water partition coefficient (Wildman–Crippen LogP) is 1.76. The molecule has 3 unspecified atom stereocenters. The molecule has 0 saturated heterocycles. The van der Waals surface area contributed by atoms with Crippen molar-refractivity contribution in [1.29, 1.82) is 0 Å². The van der Waals surface area contributed by atoms with E-state index in [-0.39, 0.29) is 25.1 Å². The lowest BCUT2D eigenvalue weighted by Crippen LogP contribution is -2.47. The Morgan fingerprint density at radius 2 is 2.21 bits per heavy atom. The summed E-state index contributed by atoms with van der Waals surface area (Å²) in [6.45, 7) is 6.02. The number of benzene rings is 1. The highest BCUT2D eigenvalue weighted by Gasteiger charge is 2.33. The van der Waals surface area contributed by atoms with Crippen molar-refractivity contribution in [2.75, 3.05) is 33.4 Å². The average molecular weight is 334 g/mol. The first-order valence-electron chi connectivity index (χ1n) is 8.83. The maximum Gasteiger partial charge on any atom is 0.237 e. The van der Waals surface area contributed by atoms with Crippen LogP contribution in [0.4, 0.5) is 0 Å². The Hall–Kier alpha value is -1.43. The molecular weight excluding hydrogens is 304 g/mol. The number of ether oxygens (including phenoxy) is 1. The van der Waals surface area contributed by atoms with Gasteiger partial charge in [0.2, 0.25) is 5.91 Å². The third-order valence-electron chi connectivity index (χ3n) is 4.85. The number of amides is 1. The third kappa shape index (κ3) is 4.56. The van der Waals surface area contributed by atoms with Crippen LogP contribution in [0, 0.1) is 5.92 Å². The van der Waals surface area contributed by atoms with Crippen molar-refractivity contribution < 1.29 is 14.6 Å². The Morgan fingerprint density at radius 3 is 2.92 bits per heavy atom. The fourth-order valence-electron chi connectivity index (χ4n) is 3.41. The van der Waals surface area contributed by atoms with Crippen molar-refractivity contribution in [2.24, 2.45) is 5.92 Å². The minimum atomic E-state index is -0.588. The van der Waals surface area contributed by atoms with Gasteiger partial charge in [0.25, 0.3) is 0 Å². The largest absolute Gasteiger partial charge is 0.389 e. The normalized spacial score (nSPS) is 19.7. The molecule has 134 valence electrons. The van der Waals surface area contributed by atoms with E-state index in [2.05, 4.69) is 43.4 Å². The standard InChI is InChI=1S/C19H30N2O3/c1-4-14(2)19-17-8-6-5-7-15(17)9-10-21(19)18(23)12-20-11-16(22)13-24-3/h5-8,14,16,19-20,22H,4,9-13H2,1-3H3. The summed E-state index contributed by atoms with van der Waals surface area (Å²) in [7, 11) is 1.55. The van der Waals surface area contributed by atoms with Crippen LogP contribution in [0.3, 0.4) is 0 Å². The highest BCUT2D eigenvalue weighted by atomic mass is 16.5. The third-order valence-corrected chi connectivity index (χ3v) is 4.85. The summed E-state index contributed by atoms with van der Waals surface area (Å²) in [5.41, 5.74) is 2.64. The van der Waals surface area contributed by atoms with Crippen LogP contribution in [0.2, 0.25) is 0 Å². The number of methoxy groups -OCH3 is 1. The van der Waals surface area contributed by atoms with E-state index in [1.807, 2.05) is 4.90 Å². The Kier molecular flexibility index (Phi) is 7.21. The van der Waals surface area contributed by atoms with Gasteiger partial charge in [0.1, 0.15) is 0 Å². The number of hydrogen-bond donors (Lipinski definition) is 2. The lowest BCUT2D eigenvalue weighted by atomic mass is 9.84. The molecule has 5 heteroatoms. The molecule has 0 aliphatic carbocycles. The fraction of sp³-hybridized carbons (Fsp3) is 0.632. The predicted molar refractivity (Wildman–Crippen MR) is 94.8 cm³/mol. The van der Waals surface area contributed by atoms with Gasteiger partial charge in [-0.25, -0.2) is 0 Å². The van der Waals surface area contributed by atoms with Crippen molar-refractivity contribution >= 4 is 5.91 Å². The summed E-state index contributed by atoms with van der Waals surface area (Å²) in [5, 5.41) is 12.7. The Morgan fingerprint density at radius 1 is 1.46 bits per heavy atom. The highest BCUT2D eigenvalue weighted by molar-refractivity contribution is 5.79. The van der Waals surface area contributed by atoms with E-state index in [1.54, 1.807) is 7.11 Å². The first kappa shape index (κ1) is 18.9. The molecule has 1 aromatic rings. The molecular formula is C19H30N2O3. The number of carbonyl (C=O) groups is 1. The van der Waals surface area contributed by atoms with Crippen molar-refractivity contribution in [3.8, 4) is 0 Å². The molecule has 0 radical (unpaired) electrons. The zero-order chi connectivity index (χ0) is 17.5. The van der Waals surface area contributed by atoms with Gasteiger partial charge in [0, 0.05) is 20.2 Å². The summed E-state index contributed by atoms with van der Waals surface area (Å²) in [6.07, 6.45) is 1.35. The summed E-state index contributed by atoms with van der Waals surface area (Å²) in [4.78, 5) is 14.7. The summed E-state index contributed by atoms with van der Waals surface area (Å²) in [6, 6.07) is 8.59. The maximum atomic E-state index is 12.7. The van der Waals surface area contributed by atoms with Crippen LogP contribution in [-0.4, -0.2) is 55.4 Å². The molecule has 0 spiro atoms. The van der Waals surface area contributed by atoms with Gasteiger partial charge in [-0.05, 0) is 23.5 Å². The van der Waals surface area contributed by atoms with E-state index < -0.39 is 6.10 Å². The second-order valence-electron chi connectivity index (χ2n) is 6.61. The van der Waals surface area contributed by atoms with Crippen LogP contribution in [0.1, 0.15) is 37.4 Å². The van der Waals surface area contributed by atoms with Gasteiger partial charge in [-0.2, -0.15) is 0 Å². The van der Waals surface area contributed by atoms with Crippen LogP contribution in [0.15, 0.2) is 24.3 Å². The van der Waals surface area contributed by atoms with Crippen LogP contribution >= 0.6 is 0 Å². The molecule has 2 N–H and O–H groups in total. The van der Waals surface area contributed by atoms with Gasteiger partial charge >= 0.3 is 0 Å². The SMILES string of the molecule is CCC(C)C1c2ccccc2CCN1C(=O)CNCC(O)COC. The maximum absolute atomic E-state index is 12.7. The number of carbonyl (C=O) groups excluding carboxylic acids is 1. The van der Waals surface area contributed by atoms with Gasteiger partial charge in [0.05, 0.1) is 25.3 Å². The second kappa shape index (κ2) is 9.16. The van der Waals surface area contributed by atoms with Crippen molar-refractivity contribution in [3.63, 3.8) is 0 Å². The second-order valence-corrected chi connectivity index (χ2v) is 6.61. The van der Waals surface area contributed by atoms with E-state index in [1.165, 1.54) is 11.1 Å². The lowest BCUT2D eigenvalue weighted by molar-refractivity contribution is -0.134. The average Bonchev–Trinajstić information content (AvgIpc) is 2.60. The smallest absolute Gasteiger partial charge is 0.237 e. The Labute approximate surface area is 145 Å². The number of hydrogen-bond acceptors (Lipinski definition) is 4. The lowest BCUT2D eigenvalue weighted by Gasteiger charge is -2.40. The molecule has 1 heterocycles.